The van der Waals surface area contributed by atoms with Crippen LogP contribution in [0.15, 0.2) is 0 Å². The normalized spacial score (nSPS) is 27.2. The Morgan fingerprint density at radius 1 is 1.77 bits per heavy atom. The number of halogens is 1. The number of carbonyl (C=O) groups excluding carboxylic acids is 1. The summed E-state index contributed by atoms with van der Waals surface area (Å²) in [5, 5.41) is 2.79. The highest BCUT2D eigenvalue weighted by molar-refractivity contribution is 14.1. The van der Waals surface area contributed by atoms with Gasteiger partial charge in [0.25, 0.3) is 0 Å². The lowest BCUT2D eigenvalue weighted by Crippen LogP contribution is -2.41. The minimum absolute atomic E-state index is 0.121. The van der Waals surface area contributed by atoms with Crippen LogP contribution in [0.2, 0.25) is 0 Å². The van der Waals surface area contributed by atoms with Gasteiger partial charge >= 0.3 is 6.09 Å². The highest BCUT2D eigenvalue weighted by Crippen LogP contribution is 2.15. The first-order chi connectivity index (χ1) is 6.27. The third-order valence-corrected chi connectivity index (χ3v) is 2.81. The Kier molecular flexibility index (Phi) is 4.79. The fourth-order valence-corrected chi connectivity index (χ4v) is 2.16. The van der Waals surface area contributed by atoms with Crippen LogP contribution in [0, 0.1) is 0 Å². The predicted octanol–water partition coefficient (Wildman–Crippen LogP) is 1.33. The van der Waals surface area contributed by atoms with E-state index in [4.69, 9.17) is 9.47 Å². The predicted molar refractivity (Wildman–Crippen MR) is 57.2 cm³/mol. The second-order valence-corrected chi connectivity index (χ2v) is 3.70. The summed E-state index contributed by atoms with van der Waals surface area (Å²) < 4.78 is 11.1. The molecular formula is C8H14INO3. The van der Waals surface area contributed by atoms with E-state index in [1.807, 2.05) is 0 Å². The lowest BCUT2D eigenvalue weighted by Gasteiger charge is -2.16. The minimum Gasteiger partial charge on any atom is -0.450 e. The number of carbonyl (C=O) groups is 1. The molecule has 13 heavy (non-hydrogen) atoms. The molecule has 0 unspecified atom stereocenters. The molecule has 1 heterocycles. The van der Waals surface area contributed by atoms with Crippen LogP contribution in [0.4, 0.5) is 4.79 Å². The second-order valence-electron chi connectivity index (χ2n) is 2.82. The van der Waals surface area contributed by atoms with Crippen LogP contribution in [0.3, 0.4) is 0 Å². The molecular weight excluding hydrogens is 285 g/mol. The molecule has 1 aliphatic rings. The molecule has 2 atom stereocenters. The summed E-state index contributed by atoms with van der Waals surface area (Å²) in [6.45, 7) is 2.93. The standard InChI is InChI=1S/C8H14INO3/c1-2-12-8(11)10-6-3-4-13-7(6)5-9/h6-7H,2-5H2,1H3,(H,10,11)/t6-,7-/m1/s1. The number of alkyl halides is 1. The van der Waals surface area contributed by atoms with E-state index in [0.29, 0.717) is 6.61 Å². The summed E-state index contributed by atoms with van der Waals surface area (Å²) >= 11 is 2.26. The fraction of sp³-hybridized carbons (Fsp3) is 0.875. The molecule has 0 aromatic heterocycles. The average Bonchev–Trinajstić information content (AvgIpc) is 2.52. The molecule has 0 aliphatic carbocycles. The zero-order chi connectivity index (χ0) is 9.68. The van der Waals surface area contributed by atoms with Gasteiger partial charge in [0.05, 0.1) is 18.8 Å². The third-order valence-electron chi connectivity index (χ3n) is 1.94. The Morgan fingerprint density at radius 2 is 2.54 bits per heavy atom. The number of rotatable bonds is 3. The first kappa shape index (κ1) is 11.0. The van der Waals surface area contributed by atoms with Gasteiger partial charge in [0.2, 0.25) is 0 Å². The molecule has 1 rings (SSSR count). The van der Waals surface area contributed by atoms with Gasteiger partial charge in [0.1, 0.15) is 0 Å². The first-order valence-electron chi connectivity index (χ1n) is 4.38. The molecule has 0 aromatic carbocycles. The molecule has 1 aliphatic heterocycles. The average molecular weight is 299 g/mol. The van der Waals surface area contributed by atoms with E-state index in [0.717, 1.165) is 17.5 Å². The Labute approximate surface area is 91.5 Å². The van der Waals surface area contributed by atoms with Crippen molar-refractivity contribution in [3.05, 3.63) is 0 Å². The van der Waals surface area contributed by atoms with Crippen molar-refractivity contribution in [1.82, 2.24) is 5.32 Å². The molecule has 5 heteroatoms. The van der Waals surface area contributed by atoms with Gasteiger partial charge in [-0.15, -0.1) is 0 Å². The number of nitrogens with one attached hydrogen (secondary N) is 1. The van der Waals surface area contributed by atoms with Gasteiger partial charge in [0, 0.05) is 11.0 Å². The SMILES string of the molecule is CCOC(=O)N[C@@H]1CCO[C@@H]1CI. The molecule has 1 amide bonds. The maximum Gasteiger partial charge on any atom is 0.407 e. The largest absolute Gasteiger partial charge is 0.450 e. The molecule has 0 bridgehead atoms. The van der Waals surface area contributed by atoms with Crippen LogP contribution in [0.5, 0.6) is 0 Å². The molecule has 4 nitrogen and oxygen atoms in total. The molecule has 1 saturated heterocycles. The quantitative estimate of drug-likeness (QED) is 0.632. The Balaban J connectivity index is 2.30. The summed E-state index contributed by atoms with van der Waals surface area (Å²) in [6.07, 6.45) is 0.685. The minimum atomic E-state index is -0.340. The van der Waals surface area contributed by atoms with Crippen molar-refractivity contribution in [2.75, 3.05) is 17.6 Å². The van der Waals surface area contributed by atoms with Crippen LogP contribution in [-0.4, -0.2) is 35.9 Å². The molecule has 0 saturated carbocycles. The lowest BCUT2D eigenvalue weighted by molar-refractivity contribution is 0.110. The van der Waals surface area contributed by atoms with Gasteiger partial charge < -0.3 is 14.8 Å². The highest BCUT2D eigenvalue weighted by atomic mass is 127. The smallest absolute Gasteiger partial charge is 0.407 e. The monoisotopic (exact) mass is 299 g/mol. The van der Waals surface area contributed by atoms with Crippen LogP contribution < -0.4 is 5.32 Å². The van der Waals surface area contributed by atoms with Gasteiger partial charge in [-0.3, -0.25) is 0 Å². The van der Waals surface area contributed by atoms with Crippen LogP contribution in [0.1, 0.15) is 13.3 Å². The van der Waals surface area contributed by atoms with Crippen molar-refractivity contribution >= 4 is 28.7 Å². The lowest BCUT2D eigenvalue weighted by atomic mass is 10.2. The zero-order valence-electron chi connectivity index (χ0n) is 7.59. The van der Waals surface area contributed by atoms with Crippen LogP contribution >= 0.6 is 22.6 Å². The van der Waals surface area contributed by atoms with E-state index in [2.05, 4.69) is 27.9 Å². The van der Waals surface area contributed by atoms with Gasteiger partial charge in [0.15, 0.2) is 0 Å². The molecule has 0 aromatic rings. The van der Waals surface area contributed by atoms with Gasteiger partial charge in [-0.1, -0.05) is 22.6 Å². The summed E-state index contributed by atoms with van der Waals surface area (Å²) in [6, 6.07) is 0.121. The molecule has 1 N–H and O–H groups in total. The van der Waals surface area contributed by atoms with Crippen molar-refractivity contribution in [1.29, 1.82) is 0 Å². The van der Waals surface area contributed by atoms with Gasteiger partial charge in [-0.05, 0) is 13.3 Å². The Hall–Kier alpha value is -0.0400. The number of alkyl carbamates (subject to hydrolysis) is 1. The van der Waals surface area contributed by atoms with Crippen molar-refractivity contribution in [2.24, 2.45) is 0 Å². The van der Waals surface area contributed by atoms with Crippen molar-refractivity contribution < 1.29 is 14.3 Å². The third kappa shape index (κ3) is 3.30. The second kappa shape index (κ2) is 5.64. The number of hydrogen-bond acceptors (Lipinski definition) is 3. The first-order valence-corrected chi connectivity index (χ1v) is 5.91. The van der Waals surface area contributed by atoms with Gasteiger partial charge in [-0.2, -0.15) is 0 Å². The van der Waals surface area contributed by atoms with E-state index >= 15 is 0 Å². The number of ether oxygens (including phenoxy) is 2. The molecule has 1 fully saturated rings. The van der Waals surface area contributed by atoms with E-state index in [9.17, 15) is 4.79 Å². The van der Waals surface area contributed by atoms with Crippen LogP contribution in [0.25, 0.3) is 0 Å². The maximum atomic E-state index is 11.1. The van der Waals surface area contributed by atoms with E-state index < -0.39 is 0 Å². The topological polar surface area (TPSA) is 47.6 Å². The van der Waals surface area contributed by atoms with Crippen LogP contribution in [-0.2, 0) is 9.47 Å². The molecule has 76 valence electrons. The van der Waals surface area contributed by atoms with Gasteiger partial charge in [-0.25, -0.2) is 4.79 Å². The van der Waals surface area contributed by atoms with E-state index in [-0.39, 0.29) is 18.2 Å². The summed E-state index contributed by atoms with van der Waals surface area (Å²) in [4.78, 5) is 11.1. The molecule has 0 spiro atoms. The van der Waals surface area contributed by atoms with E-state index in [1.54, 1.807) is 6.92 Å². The number of hydrogen-bond donors (Lipinski definition) is 1. The van der Waals surface area contributed by atoms with Crippen molar-refractivity contribution in [2.45, 2.75) is 25.5 Å². The molecule has 0 radical (unpaired) electrons. The fourth-order valence-electron chi connectivity index (χ4n) is 1.29. The summed E-state index contributed by atoms with van der Waals surface area (Å²) in [5.41, 5.74) is 0. The zero-order valence-corrected chi connectivity index (χ0v) is 9.74. The maximum absolute atomic E-state index is 11.1. The van der Waals surface area contributed by atoms with E-state index in [1.165, 1.54) is 0 Å². The van der Waals surface area contributed by atoms with Crippen molar-refractivity contribution in [3.63, 3.8) is 0 Å². The Morgan fingerprint density at radius 3 is 3.15 bits per heavy atom. The van der Waals surface area contributed by atoms with Crippen molar-refractivity contribution in [3.8, 4) is 0 Å². The summed E-state index contributed by atoms with van der Waals surface area (Å²) in [5.74, 6) is 0. The number of amides is 1. The Bertz CT molecular complexity index is 177. The summed E-state index contributed by atoms with van der Waals surface area (Å²) in [7, 11) is 0. The highest BCUT2D eigenvalue weighted by Gasteiger charge is 2.28.